The summed E-state index contributed by atoms with van der Waals surface area (Å²) in [6, 6.07) is 8.65. The summed E-state index contributed by atoms with van der Waals surface area (Å²) < 4.78 is 39.8. The van der Waals surface area contributed by atoms with E-state index in [2.05, 4.69) is 20.9 Å². The van der Waals surface area contributed by atoms with E-state index in [4.69, 9.17) is 0 Å². The number of nitrogens with zero attached hydrogens (tertiary/aromatic N) is 2. The first-order chi connectivity index (χ1) is 14.2. The van der Waals surface area contributed by atoms with Crippen LogP contribution in [-0.2, 0) is 11.3 Å². The molecule has 0 radical (unpaired) electrons. The molecule has 0 heterocycles. The molecule has 0 saturated heterocycles. The molecule has 0 unspecified atom stereocenters. The molecule has 0 bridgehead atoms. The van der Waals surface area contributed by atoms with Gasteiger partial charge in [-0.15, -0.1) is 0 Å². The standard InChI is InChI=1S/C20H22F3N5O2/c1-24-20(25-10-12-4-6-13(7-5-12)19(30)28(2)3)26-11-16(29)27-15-9-8-14(21)17(22)18(15)23/h4-9H,10-11H2,1-3H3,(H,27,29)(H2,24,25,26). The minimum Gasteiger partial charge on any atom is -0.352 e. The molecule has 2 amide bonds. The molecule has 0 aliphatic carbocycles. The summed E-state index contributed by atoms with van der Waals surface area (Å²) in [6.07, 6.45) is 0. The lowest BCUT2D eigenvalue weighted by atomic mass is 10.1. The van der Waals surface area contributed by atoms with Gasteiger partial charge in [0.05, 0.1) is 12.2 Å². The number of hydrogen-bond donors (Lipinski definition) is 3. The van der Waals surface area contributed by atoms with Gasteiger partial charge in [-0.25, -0.2) is 13.2 Å². The zero-order valence-electron chi connectivity index (χ0n) is 16.7. The van der Waals surface area contributed by atoms with Crippen LogP contribution in [0.5, 0.6) is 0 Å². The molecule has 10 heteroatoms. The van der Waals surface area contributed by atoms with Crippen molar-refractivity contribution in [1.29, 1.82) is 0 Å². The van der Waals surface area contributed by atoms with Crippen molar-refractivity contribution in [1.82, 2.24) is 15.5 Å². The Balaban J connectivity index is 1.85. The number of hydrogen-bond acceptors (Lipinski definition) is 3. The lowest BCUT2D eigenvalue weighted by Crippen LogP contribution is -2.41. The van der Waals surface area contributed by atoms with Gasteiger partial charge >= 0.3 is 0 Å². The van der Waals surface area contributed by atoms with E-state index in [1.165, 1.54) is 11.9 Å². The summed E-state index contributed by atoms with van der Waals surface area (Å²) in [7, 11) is 4.84. The average Bonchev–Trinajstić information content (AvgIpc) is 2.74. The first-order valence-electron chi connectivity index (χ1n) is 8.91. The number of amides is 2. The van der Waals surface area contributed by atoms with Gasteiger partial charge in [-0.2, -0.15) is 0 Å². The van der Waals surface area contributed by atoms with Gasteiger partial charge in [0.15, 0.2) is 23.4 Å². The van der Waals surface area contributed by atoms with Gasteiger partial charge in [-0.1, -0.05) is 12.1 Å². The van der Waals surface area contributed by atoms with Gasteiger partial charge in [0.25, 0.3) is 5.91 Å². The Morgan fingerprint density at radius 1 is 0.967 bits per heavy atom. The molecule has 0 saturated carbocycles. The number of rotatable bonds is 6. The number of carbonyl (C=O) groups is 2. The molecule has 30 heavy (non-hydrogen) atoms. The fourth-order valence-corrected chi connectivity index (χ4v) is 2.41. The summed E-state index contributed by atoms with van der Waals surface area (Å²) in [4.78, 5) is 29.3. The third-order valence-corrected chi connectivity index (χ3v) is 4.02. The highest BCUT2D eigenvalue weighted by molar-refractivity contribution is 5.95. The number of anilines is 1. The first kappa shape index (κ1) is 22.7. The Hall–Kier alpha value is -3.56. The molecule has 0 atom stereocenters. The van der Waals surface area contributed by atoms with Crippen molar-refractivity contribution in [3.05, 3.63) is 65.0 Å². The lowest BCUT2D eigenvalue weighted by molar-refractivity contribution is -0.115. The molecule has 2 aromatic carbocycles. The predicted octanol–water partition coefficient (Wildman–Crippen LogP) is 2.11. The molecule has 160 valence electrons. The Labute approximate surface area is 172 Å². The topological polar surface area (TPSA) is 85.8 Å². The fraction of sp³-hybridized carbons (Fsp3) is 0.250. The highest BCUT2D eigenvalue weighted by Gasteiger charge is 2.15. The van der Waals surface area contributed by atoms with Crippen LogP contribution in [-0.4, -0.2) is 50.4 Å². The van der Waals surface area contributed by atoms with Gasteiger partial charge in [0.2, 0.25) is 5.91 Å². The third kappa shape index (κ3) is 5.97. The molecule has 0 aromatic heterocycles. The van der Waals surface area contributed by atoms with E-state index in [0.29, 0.717) is 18.1 Å². The van der Waals surface area contributed by atoms with Crippen LogP contribution in [0.25, 0.3) is 0 Å². The van der Waals surface area contributed by atoms with Crippen molar-refractivity contribution in [2.75, 3.05) is 33.0 Å². The van der Waals surface area contributed by atoms with E-state index < -0.39 is 29.0 Å². The average molecular weight is 421 g/mol. The Morgan fingerprint density at radius 2 is 1.63 bits per heavy atom. The molecule has 0 fully saturated rings. The molecule has 2 rings (SSSR count). The fourth-order valence-electron chi connectivity index (χ4n) is 2.41. The summed E-state index contributed by atoms with van der Waals surface area (Å²) in [5, 5.41) is 7.87. The number of benzene rings is 2. The summed E-state index contributed by atoms with van der Waals surface area (Å²) in [6.45, 7) is 0.0872. The number of aliphatic imine (C=N–C) groups is 1. The number of carbonyl (C=O) groups excluding carboxylic acids is 2. The van der Waals surface area contributed by atoms with Crippen molar-refractivity contribution >= 4 is 23.5 Å². The molecule has 7 nitrogen and oxygen atoms in total. The van der Waals surface area contributed by atoms with Crippen LogP contribution >= 0.6 is 0 Å². The van der Waals surface area contributed by atoms with Crippen LogP contribution in [0.1, 0.15) is 15.9 Å². The zero-order valence-corrected chi connectivity index (χ0v) is 16.7. The monoisotopic (exact) mass is 421 g/mol. The van der Waals surface area contributed by atoms with Crippen LogP contribution < -0.4 is 16.0 Å². The van der Waals surface area contributed by atoms with Gasteiger partial charge < -0.3 is 20.9 Å². The van der Waals surface area contributed by atoms with Crippen LogP contribution in [0.15, 0.2) is 41.4 Å². The van der Waals surface area contributed by atoms with Gasteiger partial charge in [-0.05, 0) is 29.8 Å². The van der Waals surface area contributed by atoms with Crippen LogP contribution in [0, 0.1) is 17.5 Å². The molecular formula is C20H22F3N5O2. The largest absolute Gasteiger partial charge is 0.352 e. The molecule has 0 spiro atoms. The van der Waals surface area contributed by atoms with Crippen molar-refractivity contribution in [2.24, 2.45) is 4.99 Å². The van der Waals surface area contributed by atoms with Crippen molar-refractivity contribution < 1.29 is 22.8 Å². The van der Waals surface area contributed by atoms with Crippen molar-refractivity contribution in [3.8, 4) is 0 Å². The minimum atomic E-state index is -1.66. The van der Waals surface area contributed by atoms with Crippen LogP contribution in [0.3, 0.4) is 0 Å². The van der Waals surface area contributed by atoms with Gasteiger partial charge in [-0.3, -0.25) is 14.6 Å². The Kier molecular flexibility index (Phi) is 7.79. The highest BCUT2D eigenvalue weighted by Crippen LogP contribution is 2.19. The number of nitrogens with one attached hydrogen (secondary N) is 3. The zero-order chi connectivity index (χ0) is 22.3. The second-order valence-corrected chi connectivity index (χ2v) is 6.45. The maximum atomic E-state index is 13.6. The second kappa shape index (κ2) is 10.3. The first-order valence-corrected chi connectivity index (χ1v) is 8.91. The normalized spacial score (nSPS) is 11.1. The smallest absolute Gasteiger partial charge is 0.253 e. The molecular weight excluding hydrogens is 399 g/mol. The lowest BCUT2D eigenvalue weighted by Gasteiger charge is -2.13. The summed E-state index contributed by atoms with van der Waals surface area (Å²) in [5.41, 5.74) is 0.977. The molecule has 0 aliphatic heterocycles. The maximum Gasteiger partial charge on any atom is 0.253 e. The molecule has 3 N–H and O–H groups in total. The second-order valence-electron chi connectivity index (χ2n) is 6.45. The highest BCUT2D eigenvalue weighted by atomic mass is 19.2. The maximum absolute atomic E-state index is 13.6. The van der Waals surface area contributed by atoms with Crippen molar-refractivity contribution in [3.63, 3.8) is 0 Å². The van der Waals surface area contributed by atoms with E-state index in [-0.39, 0.29) is 12.5 Å². The Bertz CT molecular complexity index is 946. The quantitative estimate of drug-likeness (QED) is 0.379. The minimum absolute atomic E-state index is 0.101. The van der Waals surface area contributed by atoms with Gasteiger partial charge in [0.1, 0.15) is 0 Å². The number of guanidine groups is 1. The van der Waals surface area contributed by atoms with Crippen LogP contribution in [0.2, 0.25) is 0 Å². The predicted molar refractivity (Wildman–Crippen MR) is 108 cm³/mol. The van der Waals surface area contributed by atoms with E-state index in [1.54, 1.807) is 38.4 Å². The Morgan fingerprint density at radius 3 is 2.23 bits per heavy atom. The van der Waals surface area contributed by atoms with E-state index in [1.807, 2.05) is 0 Å². The van der Waals surface area contributed by atoms with E-state index >= 15 is 0 Å². The third-order valence-electron chi connectivity index (χ3n) is 4.02. The summed E-state index contributed by atoms with van der Waals surface area (Å²) >= 11 is 0. The van der Waals surface area contributed by atoms with E-state index in [9.17, 15) is 22.8 Å². The van der Waals surface area contributed by atoms with Crippen LogP contribution in [0.4, 0.5) is 18.9 Å². The summed E-state index contributed by atoms with van der Waals surface area (Å²) in [5.74, 6) is -4.94. The number of halogens is 3. The molecule has 0 aliphatic rings. The van der Waals surface area contributed by atoms with E-state index in [0.717, 1.165) is 17.7 Å². The molecule has 2 aromatic rings. The SMILES string of the molecule is CN=C(NCC(=O)Nc1ccc(F)c(F)c1F)NCc1ccc(C(=O)N(C)C)cc1. The van der Waals surface area contributed by atoms with Gasteiger partial charge in [0, 0.05) is 33.3 Å². The van der Waals surface area contributed by atoms with Crippen molar-refractivity contribution in [2.45, 2.75) is 6.54 Å².